The minimum Gasteiger partial charge on any atom is -0.396 e. The number of hydrogen-bond donors (Lipinski definition) is 2. The van der Waals surface area contributed by atoms with Crippen LogP contribution < -0.4 is 11.1 Å². The highest BCUT2D eigenvalue weighted by atomic mass is 35.5. The molecule has 106 valence electrons. The van der Waals surface area contributed by atoms with E-state index in [0.29, 0.717) is 16.1 Å². The highest BCUT2D eigenvalue weighted by molar-refractivity contribution is 6.33. The van der Waals surface area contributed by atoms with Crippen LogP contribution in [0, 0.1) is 11.3 Å². The van der Waals surface area contributed by atoms with Crippen molar-refractivity contribution in [1.29, 1.82) is 0 Å². The van der Waals surface area contributed by atoms with Crippen molar-refractivity contribution >= 4 is 23.0 Å². The summed E-state index contributed by atoms with van der Waals surface area (Å²) in [5, 5.41) is 4.17. The fourth-order valence-corrected chi connectivity index (χ4v) is 3.59. The summed E-state index contributed by atoms with van der Waals surface area (Å²) in [6, 6.07) is 5.80. The van der Waals surface area contributed by atoms with Crippen LogP contribution in [0.1, 0.15) is 46.0 Å². The number of nitrogen functional groups attached to an aromatic ring is 1. The van der Waals surface area contributed by atoms with Crippen LogP contribution in [-0.2, 0) is 0 Å². The van der Waals surface area contributed by atoms with Gasteiger partial charge in [-0.2, -0.15) is 0 Å². The molecule has 3 heteroatoms. The van der Waals surface area contributed by atoms with E-state index in [9.17, 15) is 0 Å². The second-order valence-electron chi connectivity index (χ2n) is 6.36. The third-order valence-corrected chi connectivity index (χ3v) is 4.54. The Kier molecular flexibility index (Phi) is 4.62. The van der Waals surface area contributed by atoms with Crippen LogP contribution in [-0.4, -0.2) is 6.54 Å². The fraction of sp³-hybridized carbons (Fsp3) is 0.625. The first kappa shape index (κ1) is 14.5. The number of nitrogens with one attached hydrogen (secondary N) is 1. The Labute approximate surface area is 121 Å². The highest BCUT2D eigenvalue weighted by Gasteiger charge is 2.34. The van der Waals surface area contributed by atoms with Crippen molar-refractivity contribution in [1.82, 2.24) is 0 Å². The van der Waals surface area contributed by atoms with Gasteiger partial charge in [0.15, 0.2) is 0 Å². The Bertz CT molecular complexity index is 423. The summed E-state index contributed by atoms with van der Waals surface area (Å²) < 4.78 is 0. The average molecular weight is 281 g/mol. The molecule has 19 heavy (non-hydrogen) atoms. The molecule has 0 radical (unpaired) electrons. The summed E-state index contributed by atoms with van der Waals surface area (Å²) in [4.78, 5) is 0. The highest BCUT2D eigenvalue weighted by Crippen LogP contribution is 2.43. The molecule has 0 atom stereocenters. The Morgan fingerprint density at radius 1 is 1.32 bits per heavy atom. The van der Waals surface area contributed by atoms with E-state index in [1.54, 1.807) is 0 Å². The second-order valence-corrected chi connectivity index (χ2v) is 6.77. The van der Waals surface area contributed by atoms with E-state index in [0.717, 1.165) is 18.2 Å². The normalized spacial score (nSPS) is 17.9. The molecular weight excluding hydrogens is 256 g/mol. The van der Waals surface area contributed by atoms with E-state index in [2.05, 4.69) is 19.2 Å². The van der Waals surface area contributed by atoms with Crippen LogP contribution in [0.3, 0.4) is 0 Å². The second kappa shape index (κ2) is 6.04. The number of hydrogen-bond acceptors (Lipinski definition) is 2. The van der Waals surface area contributed by atoms with Crippen molar-refractivity contribution in [2.75, 3.05) is 17.6 Å². The van der Waals surface area contributed by atoms with Crippen molar-refractivity contribution in [3.05, 3.63) is 23.2 Å². The van der Waals surface area contributed by atoms with E-state index in [1.807, 2.05) is 18.2 Å². The zero-order valence-corrected chi connectivity index (χ0v) is 12.8. The molecule has 0 amide bonds. The van der Waals surface area contributed by atoms with Gasteiger partial charge in [0.2, 0.25) is 0 Å². The average Bonchev–Trinajstić information content (AvgIpc) is 2.79. The van der Waals surface area contributed by atoms with Crippen LogP contribution in [0.15, 0.2) is 18.2 Å². The standard InChI is InChI=1S/C16H25ClN2/c1-12(2)10-16(8-3-4-9-16)11-19-14-7-5-6-13(17)15(14)18/h5-7,12,19H,3-4,8-11,18H2,1-2H3. The van der Waals surface area contributed by atoms with Crippen LogP contribution in [0.5, 0.6) is 0 Å². The molecule has 1 saturated carbocycles. The smallest absolute Gasteiger partial charge is 0.0739 e. The van der Waals surface area contributed by atoms with Crippen molar-refractivity contribution in [3.8, 4) is 0 Å². The predicted octanol–water partition coefficient (Wildman–Crippen LogP) is 4.94. The summed E-state index contributed by atoms with van der Waals surface area (Å²) >= 11 is 6.06. The summed E-state index contributed by atoms with van der Waals surface area (Å²) in [6.07, 6.45) is 6.68. The quantitative estimate of drug-likeness (QED) is 0.750. The number of benzene rings is 1. The van der Waals surface area contributed by atoms with Crippen molar-refractivity contribution in [3.63, 3.8) is 0 Å². The van der Waals surface area contributed by atoms with Crippen LogP contribution >= 0.6 is 11.6 Å². The van der Waals surface area contributed by atoms with Gasteiger partial charge in [-0.15, -0.1) is 0 Å². The number of halogens is 1. The summed E-state index contributed by atoms with van der Waals surface area (Å²) in [5.41, 5.74) is 8.11. The molecule has 0 aliphatic heterocycles. The number of rotatable bonds is 5. The molecule has 0 unspecified atom stereocenters. The molecule has 2 nitrogen and oxygen atoms in total. The summed E-state index contributed by atoms with van der Waals surface area (Å²) in [7, 11) is 0. The first-order valence-corrected chi connectivity index (χ1v) is 7.68. The number of anilines is 2. The van der Waals surface area contributed by atoms with E-state index in [1.165, 1.54) is 32.1 Å². The lowest BCUT2D eigenvalue weighted by atomic mass is 9.78. The molecule has 0 heterocycles. The molecule has 1 fully saturated rings. The van der Waals surface area contributed by atoms with Gasteiger partial charge in [0.1, 0.15) is 0 Å². The van der Waals surface area contributed by atoms with Gasteiger partial charge < -0.3 is 11.1 Å². The fourth-order valence-electron chi connectivity index (χ4n) is 3.42. The van der Waals surface area contributed by atoms with Crippen LogP contribution in [0.4, 0.5) is 11.4 Å². The van der Waals surface area contributed by atoms with Gasteiger partial charge >= 0.3 is 0 Å². The van der Waals surface area contributed by atoms with E-state index in [-0.39, 0.29) is 0 Å². The number of para-hydroxylation sites is 1. The molecular formula is C16H25ClN2. The van der Waals surface area contributed by atoms with Crippen molar-refractivity contribution < 1.29 is 0 Å². The first-order valence-electron chi connectivity index (χ1n) is 7.30. The van der Waals surface area contributed by atoms with Gasteiger partial charge in [-0.25, -0.2) is 0 Å². The summed E-state index contributed by atoms with van der Waals surface area (Å²) in [6.45, 7) is 5.64. The van der Waals surface area contributed by atoms with Gasteiger partial charge in [-0.1, -0.05) is 44.4 Å². The van der Waals surface area contributed by atoms with E-state index < -0.39 is 0 Å². The van der Waals surface area contributed by atoms with Gasteiger partial charge in [0.05, 0.1) is 16.4 Å². The molecule has 0 aromatic heterocycles. The van der Waals surface area contributed by atoms with E-state index in [4.69, 9.17) is 17.3 Å². The number of nitrogens with two attached hydrogens (primary N) is 1. The van der Waals surface area contributed by atoms with Gasteiger partial charge in [-0.3, -0.25) is 0 Å². The SMILES string of the molecule is CC(C)CC1(CNc2cccc(Cl)c2N)CCCC1. The minimum atomic E-state index is 0.447. The molecule has 0 bridgehead atoms. The zero-order valence-electron chi connectivity index (χ0n) is 12.0. The molecule has 3 N–H and O–H groups in total. The van der Waals surface area contributed by atoms with Crippen molar-refractivity contribution in [2.24, 2.45) is 11.3 Å². The van der Waals surface area contributed by atoms with Gasteiger partial charge in [0, 0.05) is 6.54 Å². The third-order valence-electron chi connectivity index (χ3n) is 4.21. The van der Waals surface area contributed by atoms with Gasteiger partial charge in [-0.05, 0) is 42.7 Å². The largest absolute Gasteiger partial charge is 0.396 e. The Balaban J connectivity index is 2.05. The maximum atomic E-state index is 6.06. The van der Waals surface area contributed by atoms with Crippen molar-refractivity contribution in [2.45, 2.75) is 46.0 Å². The molecule has 1 aromatic rings. The van der Waals surface area contributed by atoms with Crippen LogP contribution in [0.2, 0.25) is 5.02 Å². The molecule has 1 aliphatic rings. The van der Waals surface area contributed by atoms with Gasteiger partial charge in [0.25, 0.3) is 0 Å². The lowest BCUT2D eigenvalue weighted by molar-refractivity contribution is 0.252. The third kappa shape index (κ3) is 3.56. The Hall–Kier alpha value is -0.890. The zero-order chi connectivity index (χ0) is 13.9. The molecule has 0 spiro atoms. The topological polar surface area (TPSA) is 38.0 Å². The minimum absolute atomic E-state index is 0.447. The molecule has 1 aliphatic carbocycles. The molecule has 1 aromatic carbocycles. The lowest BCUT2D eigenvalue weighted by Crippen LogP contribution is -2.28. The first-order chi connectivity index (χ1) is 9.02. The maximum absolute atomic E-state index is 6.06. The van der Waals surface area contributed by atoms with Crippen LogP contribution in [0.25, 0.3) is 0 Å². The Morgan fingerprint density at radius 3 is 2.63 bits per heavy atom. The molecule has 0 saturated heterocycles. The Morgan fingerprint density at radius 2 is 2.00 bits per heavy atom. The lowest BCUT2D eigenvalue weighted by Gasteiger charge is -2.32. The van der Waals surface area contributed by atoms with E-state index >= 15 is 0 Å². The monoisotopic (exact) mass is 280 g/mol. The molecule has 2 rings (SSSR count). The predicted molar refractivity (Wildman–Crippen MR) is 84.7 cm³/mol. The summed E-state index contributed by atoms with van der Waals surface area (Å²) in [5.74, 6) is 0.747. The maximum Gasteiger partial charge on any atom is 0.0739 e.